The lowest BCUT2D eigenvalue weighted by molar-refractivity contribution is 0.0867. The van der Waals surface area contributed by atoms with Crippen molar-refractivity contribution in [2.45, 2.75) is 38.4 Å². The number of rotatable bonds is 5. The Balaban J connectivity index is 1.79. The van der Waals surface area contributed by atoms with Crippen LogP contribution in [-0.2, 0) is 11.3 Å². The Morgan fingerprint density at radius 1 is 1.63 bits per heavy atom. The highest BCUT2D eigenvalue weighted by Crippen LogP contribution is 2.23. The van der Waals surface area contributed by atoms with Gasteiger partial charge in [-0.05, 0) is 25.2 Å². The van der Waals surface area contributed by atoms with Crippen LogP contribution in [0.25, 0.3) is 0 Å². The summed E-state index contributed by atoms with van der Waals surface area (Å²) < 4.78 is 9.85. The first-order chi connectivity index (χ1) is 9.19. The van der Waals surface area contributed by atoms with Crippen LogP contribution in [0.5, 0.6) is 0 Å². The van der Waals surface area contributed by atoms with E-state index >= 15 is 0 Å². The highest BCUT2D eigenvalue weighted by molar-refractivity contribution is 5.92. The molecule has 1 aromatic rings. The quantitative estimate of drug-likeness (QED) is 0.835. The van der Waals surface area contributed by atoms with Crippen molar-refractivity contribution in [3.63, 3.8) is 0 Å². The normalized spacial score (nSPS) is 23.3. The smallest absolute Gasteiger partial charge is 0.273 e. The first kappa shape index (κ1) is 14.0. The SMILES string of the molecule is COCc1cc(C(=O)NCC2CCCC(O)C2)no1. The third-order valence-electron chi connectivity index (χ3n) is 3.38. The summed E-state index contributed by atoms with van der Waals surface area (Å²) in [7, 11) is 1.55. The lowest BCUT2D eigenvalue weighted by Crippen LogP contribution is -2.33. The van der Waals surface area contributed by atoms with Gasteiger partial charge in [0.25, 0.3) is 5.91 Å². The number of ether oxygens (including phenoxy) is 1. The van der Waals surface area contributed by atoms with E-state index in [9.17, 15) is 9.90 Å². The second-order valence-electron chi connectivity index (χ2n) is 5.01. The van der Waals surface area contributed by atoms with E-state index in [1.165, 1.54) is 0 Å². The van der Waals surface area contributed by atoms with E-state index in [0.717, 1.165) is 25.7 Å². The number of carbonyl (C=O) groups excluding carboxylic acids is 1. The van der Waals surface area contributed by atoms with Crippen LogP contribution in [0.4, 0.5) is 0 Å². The lowest BCUT2D eigenvalue weighted by atomic mass is 9.87. The zero-order chi connectivity index (χ0) is 13.7. The number of nitrogens with zero attached hydrogens (tertiary/aromatic N) is 1. The molecule has 1 fully saturated rings. The number of hydrogen-bond acceptors (Lipinski definition) is 5. The third-order valence-corrected chi connectivity index (χ3v) is 3.38. The summed E-state index contributed by atoms with van der Waals surface area (Å²) in [5.74, 6) is 0.630. The fraction of sp³-hybridized carbons (Fsp3) is 0.692. The molecule has 0 spiro atoms. The average molecular weight is 268 g/mol. The molecule has 2 N–H and O–H groups in total. The summed E-state index contributed by atoms with van der Waals surface area (Å²) in [6.07, 6.45) is 3.47. The van der Waals surface area contributed by atoms with Crippen LogP contribution in [0.3, 0.4) is 0 Å². The van der Waals surface area contributed by atoms with Gasteiger partial charge < -0.3 is 19.7 Å². The summed E-state index contributed by atoms with van der Waals surface area (Å²) in [4.78, 5) is 11.8. The monoisotopic (exact) mass is 268 g/mol. The zero-order valence-electron chi connectivity index (χ0n) is 11.1. The fourth-order valence-electron chi connectivity index (χ4n) is 2.41. The molecule has 0 radical (unpaired) electrons. The Labute approximate surface area is 112 Å². The summed E-state index contributed by atoms with van der Waals surface area (Å²) in [5.41, 5.74) is 0.267. The Kier molecular flexibility index (Phi) is 4.93. The standard InChI is InChI=1S/C13H20N2O4/c1-18-8-11-6-12(15-19-11)13(17)14-7-9-3-2-4-10(16)5-9/h6,9-10,16H,2-5,7-8H2,1H3,(H,14,17). The molecule has 6 nitrogen and oxygen atoms in total. The topological polar surface area (TPSA) is 84.6 Å². The molecule has 0 aromatic carbocycles. The molecule has 1 saturated carbocycles. The maximum absolute atomic E-state index is 11.8. The van der Waals surface area contributed by atoms with E-state index in [4.69, 9.17) is 9.26 Å². The molecule has 2 rings (SSSR count). The van der Waals surface area contributed by atoms with Crippen molar-refractivity contribution in [3.05, 3.63) is 17.5 Å². The van der Waals surface area contributed by atoms with Crippen molar-refractivity contribution in [1.82, 2.24) is 10.5 Å². The zero-order valence-corrected chi connectivity index (χ0v) is 11.1. The van der Waals surface area contributed by atoms with Crippen molar-refractivity contribution in [2.24, 2.45) is 5.92 Å². The van der Waals surface area contributed by atoms with Gasteiger partial charge in [-0.2, -0.15) is 0 Å². The van der Waals surface area contributed by atoms with Gasteiger partial charge in [0.2, 0.25) is 0 Å². The van der Waals surface area contributed by atoms with Crippen LogP contribution < -0.4 is 5.32 Å². The third kappa shape index (κ3) is 4.04. The van der Waals surface area contributed by atoms with Gasteiger partial charge in [0, 0.05) is 19.7 Å². The van der Waals surface area contributed by atoms with Crippen molar-refractivity contribution >= 4 is 5.91 Å². The van der Waals surface area contributed by atoms with E-state index < -0.39 is 0 Å². The molecule has 1 aromatic heterocycles. The first-order valence-corrected chi connectivity index (χ1v) is 6.60. The van der Waals surface area contributed by atoms with Crippen LogP contribution >= 0.6 is 0 Å². The summed E-state index contributed by atoms with van der Waals surface area (Å²) in [5, 5.41) is 16.1. The van der Waals surface area contributed by atoms with Crippen LogP contribution in [0, 0.1) is 5.92 Å². The Morgan fingerprint density at radius 2 is 2.47 bits per heavy atom. The van der Waals surface area contributed by atoms with Gasteiger partial charge in [-0.15, -0.1) is 0 Å². The van der Waals surface area contributed by atoms with Gasteiger partial charge >= 0.3 is 0 Å². The van der Waals surface area contributed by atoms with Gasteiger partial charge in [-0.1, -0.05) is 11.6 Å². The summed E-state index contributed by atoms with van der Waals surface area (Å²) in [6.45, 7) is 0.872. The molecule has 0 bridgehead atoms. The maximum atomic E-state index is 11.8. The molecule has 0 saturated heterocycles. The molecule has 1 aliphatic carbocycles. The molecule has 2 unspecified atom stereocenters. The van der Waals surface area contributed by atoms with Gasteiger partial charge in [-0.25, -0.2) is 0 Å². The van der Waals surface area contributed by atoms with Crippen LogP contribution in [0.1, 0.15) is 41.9 Å². The Bertz CT molecular complexity index is 419. The molecule has 6 heteroatoms. The average Bonchev–Trinajstić information content (AvgIpc) is 2.85. The molecule has 1 heterocycles. The molecule has 0 aliphatic heterocycles. The van der Waals surface area contributed by atoms with Gasteiger partial charge in [-0.3, -0.25) is 4.79 Å². The van der Waals surface area contributed by atoms with E-state index in [2.05, 4.69) is 10.5 Å². The minimum absolute atomic E-state index is 0.226. The van der Waals surface area contributed by atoms with Gasteiger partial charge in [0.1, 0.15) is 6.61 Å². The number of aliphatic hydroxyl groups excluding tert-OH is 1. The molecule has 106 valence electrons. The number of nitrogens with one attached hydrogen (secondary N) is 1. The van der Waals surface area contributed by atoms with Crippen molar-refractivity contribution in [1.29, 1.82) is 0 Å². The highest BCUT2D eigenvalue weighted by Gasteiger charge is 2.21. The summed E-state index contributed by atoms with van der Waals surface area (Å²) in [6, 6.07) is 1.58. The second-order valence-corrected chi connectivity index (χ2v) is 5.01. The number of aromatic nitrogens is 1. The van der Waals surface area contributed by atoms with Crippen molar-refractivity contribution in [2.75, 3.05) is 13.7 Å². The predicted octanol–water partition coefficient (Wildman–Crippen LogP) is 1.10. The van der Waals surface area contributed by atoms with E-state index in [1.807, 2.05) is 0 Å². The van der Waals surface area contributed by atoms with E-state index in [-0.39, 0.29) is 17.7 Å². The second kappa shape index (κ2) is 6.68. The van der Waals surface area contributed by atoms with Crippen molar-refractivity contribution in [3.8, 4) is 0 Å². The van der Waals surface area contributed by atoms with Crippen LogP contribution in [0.2, 0.25) is 0 Å². The summed E-state index contributed by atoms with van der Waals surface area (Å²) >= 11 is 0. The predicted molar refractivity (Wildman–Crippen MR) is 67.5 cm³/mol. The minimum Gasteiger partial charge on any atom is -0.393 e. The minimum atomic E-state index is -0.244. The Morgan fingerprint density at radius 3 is 3.21 bits per heavy atom. The molecular weight excluding hydrogens is 248 g/mol. The largest absolute Gasteiger partial charge is 0.393 e. The highest BCUT2D eigenvalue weighted by atomic mass is 16.5. The molecular formula is C13H20N2O4. The molecule has 19 heavy (non-hydrogen) atoms. The van der Waals surface area contributed by atoms with Crippen molar-refractivity contribution < 1.29 is 19.2 Å². The number of aliphatic hydroxyl groups is 1. The Hall–Kier alpha value is -1.40. The lowest BCUT2D eigenvalue weighted by Gasteiger charge is -2.25. The number of methoxy groups -OCH3 is 1. The van der Waals surface area contributed by atoms with Gasteiger partial charge in [0.15, 0.2) is 11.5 Å². The van der Waals surface area contributed by atoms with Crippen LogP contribution in [-0.4, -0.2) is 35.9 Å². The maximum Gasteiger partial charge on any atom is 0.273 e. The van der Waals surface area contributed by atoms with Crippen LogP contribution in [0.15, 0.2) is 10.6 Å². The number of carbonyl (C=O) groups is 1. The number of hydrogen-bond donors (Lipinski definition) is 2. The number of amides is 1. The molecule has 1 amide bonds. The molecule has 1 aliphatic rings. The van der Waals surface area contributed by atoms with E-state index in [1.54, 1.807) is 13.2 Å². The molecule has 2 atom stereocenters. The van der Waals surface area contributed by atoms with Gasteiger partial charge in [0.05, 0.1) is 6.10 Å². The van der Waals surface area contributed by atoms with E-state index in [0.29, 0.717) is 24.8 Å². The fourth-order valence-corrected chi connectivity index (χ4v) is 2.41. The first-order valence-electron chi connectivity index (χ1n) is 6.60.